The zero-order valence-corrected chi connectivity index (χ0v) is 10.9. The van der Waals surface area contributed by atoms with Crippen LogP contribution in [0.1, 0.15) is 11.6 Å². The molecule has 0 aliphatic carbocycles. The van der Waals surface area contributed by atoms with E-state index < -0.39 is 0 Å². The predicted octanol–water partition coefficient (Wildman–Crippen LogP) is 1.51. The van der Waals surface area contributed by atoms with Crippen molar-refractivity contribution in [3.63, 3.8) is 0 Å². The Kier molecular flexibility index (Phi) is 4.16. The first-order valence-electron chi connectivity index (χ1n) is 5.67. The van der Waals surface area contributed by atoms with Gasteiger partial charge in [0.1, 0.15) is 0 Å². The molecule has 1 fully saturated rings. The molecule has 1 N–H and O–H groups in total. The molecule has 0 unspecified atom stereocenters. The molecule has 1 aromatic carbocycles. The van der Waals surface area contributed by atoms with Crippen LogP contribution in [-0.4, -0.2) is 33.7 Å². The topological polar surface area (TPSA) is 49.0 Å². The van der Waals surface area contributed by atoms with Crippen molar-refractivity contribution in [3.8, 4) is 17.2 Å². The van der Waals surface area contributed by atoms with Crippen LogP contribution >= 0.6 is 12.4 Å². The van der Waals surface area contributed by atoms with Crippen LogP contribution in [0.2, 0.25) is 0 Å². The third-order valence-electron chi connectivity index (χ3n) is 3.00. The lowest BCUT2D eigenvalue weighted by Crippen LogP contribution is -2.34. The van der Waals surface area contributed by atoms with Gasteiger partial charge in [-0.3, -0.25) is 0 Å². The fourth-order valence-corrected chi connectivity index (χ4v) is 2.13. The Hall–Kier alpha value is -1.17. The number of morpholine rings is 1. The normalized spacial score (nSPS) is 21.3. The second-order valence-electron chi connectivity index (χ2n) is 4.04. The van der Waals surface area contributed by atoms with Crippen LogP contribution < -0.4 is 19.5 Å². The van der Waals surface area contributed by atoms with Crippen LogP contribution in [0, 0.1) is 0 Å². The Bertz CT molecular complexity index is 421. The van der Waals surface area contributed by atoms with Crippen molar-refractivity contribution in [2.45, 2.75) is 6.04 Å². The summed E-state index contributed by atoms with van der Waals surface area (Å²) in [4.78, 5) is 0. The number of nitrogens with one attached hydrogen (secondary N) is 1. The second kappa shape index (κ2) is 5.65. The summed E-state index contributed by atoms with van der Waals surface area (Å²) in [5.74, 6) is 2.14. The van der Waals surface area contributed by atoms with Gasteiger partial charge in [-0.1, -0.05) is 0 Å². The SMILES string of the molecule is COc1cc([C@@H]2COCCN2)cc2c1OCO2.Cl. The van der Waals surface area contributed by atoms with Crippen LogP contribution in [0.4, 0.5) is 0 Å². The van der Waals surface area contributed by atoms with E-state index in [1.165, 1.54) is 0 Å². The molecule has 5 nitrogen and oxygen atoms in total. The fraction of sp³-hybridized carbons (Fsp3) is 0.500. The Labute approximate surface area is 112 Å². The van der Waals surface area contributed by atoms with Crippen LogP contribution in [0.15, 0.2) is 12.1 Å². The lowest BCUT2D eigenvalue weighted by atomic mass is 10.1. The number of fused-ring (bicyclic) bond motifs is 1. The summed E-state index contributed by atoms with van der Waals surface area (Å²) in [5, 5.41) is 3.40. The molecule has 1 saturated heterocycles. The van der Waals surface area contributed by atoms with Gasteiger partial charge in [-0.25, -0.2) is 0 Å². The van der Waals surface area contributed by atoms with Crippen LogP contribution in [0.5, 0.6) is 17.2 Å². The Morgan fingerprint density at radius 3 is 2.94 bits per heavy atom. The molecule has 0 spiro atoms. The van der Waals surface area contributed by atoms with Crippen molar-refractivity contribution in [3.05, 3.63) is 17.7 Å². The molecule has 1 atom stereocenters. The van der Waals surface area contributed by atoms with E-state index in [-0.39, 0.29) is 25.2 Å². The number of benzene rings is 1. The van der Waals surface area contributed by atoms with Crippen LogP contribution in [0.25, 0.3) is 0 Å². The van der Waals surface area contributed by atoms with E-state index in [4.69, 9.17) is 18.9 Å². The summed E-state index contributed by atoms with van der Waals surface area (Å²) in [6, 6.07) is 4.14. The third-order valence-corrected chi connectivity index (χ3v) is 3.00. The van der Waals surface area contributed by atoms with Crippen molar-refractivity contribution < 1.29 is 18.9 Å². The standard InChI is InChI=1S/C12H15NO4.ClH/c1-14-10-4-8(9-6-15-3-2-13-9)5-11-12(10)17-7-16-11;/h4-5,9,13H,2-3,6-7H2,1H3;1H/t9-;/m0./s1. The highest BCUT2D eigenvalue weighted by atomic mass is 35.5. The van der Waals surface area contributed by atoms with E-state index in [9.17, 15) is 0 Å². The summed E-state index contributed by atoms with van der Waals surface area (Å²) < 4.78 is 21.5. The lowest BCUT2D eigenvalue weighted by Gasteiger charge is -2.24. The Morgan fingerprint density at radius 2 is 2.22 bits per heavy atom. The van der Waals surface area contributed by atoms with Crippen LogP contribution in [0.3, 0.4) is 0 Å². The Morgan fingerprint density at radius 1 is 1.33 bits per heavy atom. The lowest BCUT2D eigenvalue weighted by molar-refractivity contribution is 0.0767. The van der Waals surface area contributed by atoms with Crippen molar-refractivity contribution in [2.24, 2.45) is 0 Å². The van der Waals surface area contributed by atoms with Gasteiger partial charge in [-0.2, -0.15) is 0 Å². The van der Waals surface area contributed by atoms with Gasteiger partial charge in [0.05, 0.1) is 26.4 Å². The van der Waals surface area contributed by atoms with Crippen molar-refractivity contribution in [1.29, 1.82) is 0 Å². The second-order valence-corrected chi connectivity index (χ2v) is 4.04. The predicted molar refractivity (Wildman–Crippen MR) is 67.9 cm³/mol. The van der Waals surface area contributed by atoms with Gasteiger partial charge >= 0.3 is 0 Å². The first-order chi connectivity index (χ1) is 8.38. The first kappa shape index (κ1) is 13.3. The fourth-order valence-electron chi connectivity index (χ4n) is 2.13. The highest BCUT2D eigenvalue weighted by Crippen LogP contribution is 2.43. The average molecular weight is 274 g/mol. The molecule has 2 heterocycles. The smallest absolute Gasteiger partial charge is 0.231 e. The molecule has 1 aromatic rings. The average Bonchev–Trinajstić information content (AvgIpc) is 2.86. The summed E-state index contributed by atoms with van der Waals surface area (Å²) in [6.45, 7) is 2.55. The molecule has 18 heavy (non-hydrogen) atoms. The summed E-state index contributed by atoms with van der Waals surface area (Å²) in [6.07, 6.45) is 0. The molecule has 6 heteroatoms. The quantitative estimate of drug-likeness (QED) is 0.885. The van der Waals surface area contributed by atoms with E-state index in [1.807, 2.05) is 12.1 Å². The zero-order chi connectivity index (χ0) is 11.7. The van der Waals surface area contributed by atoms with E-state index in [0.717, 1.165) is 24.5 Å². The molecule has 3 rings (SSSR count). The van der Waals surface area contributed by atoms with E-state index in [1.54, 1.807) is 7.11 Å². The number of halogens is 1. The minimum Gasteiger partial charge on any atom is -0.493 e. The molecule has 0 amide bonds. The highest BCUT2D eigenvalue weighted by Gasteiger charge is 2.24. The van der Waals surface area contributed by atoms with Crippen molar-refractivity contribution >= 4 is 12.4 Å². The molecule has 2 aliphatic rings. The van der Waals surface area contributed by atoms with Gasteiger partial charge in [0.15, 0.2) is 11.5 Å². The molecular formula is C12H16ClNO4. The molecule has 2 aliphatic heterocycles. The van der Waals surface area contributed by atoms with Gasteiger partial charge in [-0.05, 0) is 17.7 Å². The van der Waals surface area contributed by atoms with Gasteiger partial charge in [0, 0.05) is 6.54 Å². The zero-order valence-electron chi connectivity index (χ0n) is 10.1. The van der Waals surface area contributed by atoms with E-state index >= 15 is 0 Å². The van der Waals surface area contributed by atoms with Crippen molar-refractivity contribution in [2.75, 3.05) is 33.7 Å². The molecule has 0 radical (unpaired) electrons. The number of methoxy groups -OCH3 is 1. The molecule has 0 saturated carbocycles. The maximum absolute atomic E-state index is 5.45. The number of rotatable bonds is 2. The van der Waals surface area contributed by atoms with Crippen LogP contribution in [-0.2, 0) is 4.74 Å². The molecule has 100 valence electrons. The van der Waals surface area contributed by atoms with Gasteiger partial charge in [0.2, 0.25) is 12.5 Å². The summed E-state index contributed by atoms with van der Waals surface area (Å²) in [7, 11) is 1.63. The minimum absolute atomic E-state index is 0. The van der Waals surface area contributed by atoms with Gasteiger partial charge < -0.3 is 24.3 Å². The molecule has 0 bridgehead atoms. The molecule has 0 aromatic heterocycles. The third kappa shape index (κ3) is 2.34. The summed E-state index contributed by atoms with van der Waals surface area (Å²) >= 11 is 0. The largest absolute Gasteiger partial charge is 0.493 e. The minimum atomic E-state index is 0. The van der Waals surface area contributed by atoms with E-state index in [2.05, 4.69) is 5.32 Å². The number of ether oxygens (including phenoxy) is 4. The van der Waals surface area contributed by atoms with Crippen molar-refractivity contribution in [1.82, 2.24) is 5.32 Å². The van der Waals surface area contributed by atoms with Gasteiger partial charge in [0.25, 0.3) is 0 Å². The number of hydrogen-bond acceptors (Lipinski definition) is 5. The van der Waals surface area contributed by atoms with Gasteiger partial charge in [-0.15, -0.1) is 12.4 Å². The maximum Gasteiger partial charge on any atom is 0.231 e. The maximum atomic E-state index is 5.45. The van der Waals surface area contributed by atoms with E-state index in [0.29, 0.717) is 18.1 Å². The molecular weight excluding hydrogens is 258 g/mol. The number of hydrogen-bond donors (Lipinski definition) is 1. The highest BCUT2D eigenvalue weighted by molar-refractivity contribution is 5.85. The Balaban J connectivity index is 0.00000120. The summed E-state index contributed by atoms with van der Waals surface area (Å²) in [5.41, 5.74) is 1.10. The first-order valence-corrected chi connectivity index (χ1v) is 5.67. The monoisotopic (exact) mass is 273 g/mol.